The molecule has 3 heteroatoms. The van der Waals surface area contributed by atoms with Crippen LogP contribution in [-0.2, 0) is 0 Å². The van der Waals surface area contributed by atoms with Crippen molar-refractivity contribution in [1.29, 1.82) is 0 Å². The third kappa shape index (κ3) is 3.56. The van der Waals surface area contributed by atoms with E-state index in [1.54, 1.807) is 0 Å². The average Bonchev–Trinajstić information content (AvgIpc) is 2.42. The van der Waals surface area contributed by atoms with Crippen molar-refractivity contribution < 1.29 is 0 Å². The number of benzene rings is 1. The molecule has 1 aliphatic heterocycles. The maximum atomic E-state index is 6.02. The topological polar surface area (TPSA) is 32.5 Å². The first kappa shape index (κ1) is 14.5. The minimum atomic E-state index is 0.378. The predicted molar refractivity (Wildman–Crippen MR) is 81.3 cm³/mol. The Labute approximate surface area is 117 Å². The number of nitrogens with zero attached hydrogens (tertiary/aromatic N) is 2. The van der Waals surface area contributed by atoms with Gasteiger partial charge in [-0.05, 0) is 39.4 Å². The van der Waals surface area contributed by atoms with Crippen molar-refractivity contribution in [2.24, 2.45) is 5.73 Å². The second-order valence-electron chi connectivity index (χ2n) is 5.89. The zero-order chi connectivity index (χ0) is 13.8. The lowest BCUT2D eigenvalue weighted by Crippen LogP contribution is -2.45. The van der Waals surface area contributed by atoms with E-state index in [1.807, 2.05) is 0 Å². The molecule has 1 atom stereocenters. The molecule has 0 radical (unpaired) electrons. The molecule has 0 spiro atoms. The molecule has 3 nitrogen and oxygen atoms in total. The van der Waals surface area contributed by atoms with Gasteiger partial charge in [-0.25, -0.2) is 0 Å². The van der Waals surface area contributed by atoms with Gasteiger partial charge in [-0.2, -0.15) is 0 Å². The van der Waals surface area contributed by atoms with Crippen molar-refractivity contribution in [3.8, 4) is 0 Å². The summed E-state index contributed by atoms with van der Waals surface area (Å²) in [6.07, 6.45) is 2.49. The molecule has 1 aromatic carbocycles. The smallest absolute Gasteiger partial charge is 0.0470 e. The van der Waals surface area contributed by atoms with Gasteiger partial charge in [0.05, 0.1) is 0 Å². The number of piperidine rings is 1. The van der Waals surface area contributed by atoms with Crippen LogP contribution in [0.2, 0.25) is 0 Å². The first-order valence-electron chi connectivity index (χ1n) is 7.29. The summed E-state index contributed by atoms with van der Waals surface area (Å²) >= 11 is 0. The van der Waals surface area contributed by atoms with Gasteiger partial charge < -0.3 is 10.6 Å². The minimum absolute atomic E-state index is 0.378. The van der Waals surface area contributed by atoms with Gasteiger partial charge in [-0.3, -0.25) is 4.90 Å². The molecular weight excluding hydrogens is 234 g/mol. The summed E-state index contributed by atoms with van der Waals surface area (Å²) in [4.78, 5) is 4.89. The highest BCUT2D eigenvalue weighted by Crippen LogP contribution is 2.25. The fourth-order valence-corrected chi connectivity index (χ4v) is 3.00. The van der Waals surface area contributed by atoms with Gasteiger partial charge in [0, 0.05) is 31.7 Å². The largest absolute Gasteiger partial charge is 0.329 e. The second-order valence-corrected chi connectivity index (χ2v) is 5.89. The molecule has 0 bridgehead atoms. The van der Waals surface area contributed by atoms with Crippen LogP contribution in [0.1, 0.15) is 30.0 Å². The van der Waals surface area contributed by atoms with Gasteiger partial charge in [0.1, 0.15) is 0 Å². The summed E-state index contributed by atoms with van der Waals surface area (Å²) < 4.78 is 0. The minimum Gasteiger partial charge on any atom is -0.329 e. The third-order valence-electron chi connectivity index (χ3n) is 4.36. The van der Waals surface area contributed by atoms with E-state index in [0.29, 0.717) is 12.6 Å². The molecule has 0 amide bonds. The molecule has 1 fully saturated rings. The van der Waals surface area contributed by atoms with Gasteiger partial charge in [-0.15, -0.1) is 0 Å². The van der Waals surface area contributed by atoms with E-state index in [2.05, 4.69) is 55.1 Å². The molecule has 0 saturated carbocycles. The van der Waals surface area contributed by atoms with Crippen molar-refractivity contribution in [2.45, 2.75) is 31.8 Å². The highest BCUT2D eigenvalue weighted by atomic mass is 15.2. The Hall–Kier alpha value is -0.900. The number of aryl methyl sites for hydroxylation is 1. The molecule has 0 aliphatic carbocycles. The third-order valence-corrected chi connectivity index (χ3v) is 4.36. The van der Waals surface area contributed by atoms with Crippen molar-refractivity contribution in [3.05, 3.63) is 35.4 Å². The van der Waals surface area contributed by atoms with Crippen LogP contribution in [0, 0.1) is 6.92 Å². The van der Waals surface area contributed by atoms with Gasteiger partial charge >= 0.3 is 0 Å². The molecule has 1 aliphatic rings. The Kier molecular flexibility index (Phi) is 4.97. The maximum absolute atomic E-state index is 6.02. The normalized spacial score (nSPS) is 19.8. The van der Waals surface area contributed by atoms with E-state index >= 15 is 0 Å². The number of likely N-dealkylation sites (tertiary alicyclic amines) is 1. The quantitative estimate of drug-likeness (QED) is 0.900. The van der Waals surface area contributed by atoms with Crippen molar-refractivity contribution in [1.82, 2.24) is 9.80 Å². The molecule has 1 unspecified atom stereocenters. The van der Waals surface area contributed by atoms with Crippen LogP contribution in [0.15, 0.2) is 24.3 Å². The van der Waals surface area contributed by atoms with Crippen LogP contribution in [0.3, 0.4) is 0 Å². The monoisotopic (exact) mass is 261 g/mol. The summed E-state index contributed by atoms with van der Waals surface area (Å²) in [6.45, 7) is 5.14. The number of hydrogen-bond acceptors (Lipinski definition) is 3. The van der Waals surface area contributed by atoms with Crippen molar-refractivity contribution in [3.63, 3.8) is 0 Å². The van der Waals surface area contributed by atoms with Gasteiger partial charge in [0.25, 0.3) is 0 Å². The SMILES string of the molecule is Cc1ccc(C(CN)N2CCC(N(C)C)CC2)cc1. The highest BCUT2D eigenvalue weighted by Gasteiger charge is 2.25. The standard InChI is InChI=1S/C16H27N3/c1-13-4-6-14(7-5-13)16(12-17)19-10-8-15(9-11-19)18(2)3/h4-7,15-16H,8-12,17H2,1-3H3. The summed E-state index contributed by atoms with van der Waals surface area (Å²) in [5, 5.41) is 0. The Balaban J connectivity index is 2.01. The molecular formula is C16H27N3. The molecule has 2 N–H and O–H groups in total. The van der Waals surface area contributed by atoms with Gasteiger partial charge in [0.2, 0.25) is 0 Å². The van der Waals surface area contributed by atoms with Gasteiger partial charge in [0.15, 0.2) is 0 Å². The lowest BCUT2D eigenvalue weighted by Gasteiger charge is -2.39. The summed E-state index contributed by atoms with van der Waals surface area (Å²) in [5.74, 6) is 0. The van der Waals surface area contributed by atoms with Crippen molar-refractivity contribution >= 4 is 0 Å². The molecule has 106 valence electrons. The Morgan fingerprint density at radius 2 is 1.79 bits per heavy atom. The Morgan fingerprint density at radius 3 is 2.26 bits per heavy atom. The van der Waals surface area contributed by atoms with Crippen LogP contribution in [-0.4, -0.2) is 49.6 Å². The van der Waals surface area contributed by atoms with E-state index < -0.39 is 0 Å². The van der Waals surface area contributed by atoms with Crippen LogP contribution in [0.4, 0.5) is 0 Å². The van der Waals surface area contributed by atoms with E-state index in [9.17, 15) is 0 Å². The molecule has 0 aromatic heterocycles. The van der Waals surface area contributed by atoms with E-state index in [-0.39, 0.29) is 0 Å². The Morgan fingerprint density at radius 1 is 1.21 bits per heavy atom. The lowest BCUT2D eigenvalue weighted by atomic mass is 9.98. The number of hydrogen-bond donors (Lipinski definition) is 1. The number of nitrogens with two attached hydrogens (primary N) is 1. The van der Waals surface area contributed by atoms with E-state index in [0.717, 1.165) is 19.1 Å². The first-order valence-corrected chi connectivity index (χ1v) is 7.29. The molecule has 19 heavy (non-hydrogen) atoms. The Bertz CT molecular complexity index is 377. The zero-order valence-electron chi connectivity index (χ0n) is 12.5. The van der Waals surface area contributed by atoms with E-state index in [4.69, 9.17) is 5.73 Å². The molecule has 2 rings (SSSR count). The van der Waals surface area contributed by atoms with Crippen LogP contribution in [0.5, 0.6) is 0 Å². The van der Waals surface area contributed by atoms with Gasteiger partial charge in [-0.1, -0.05) is 29.8 Å². The molecule has 1 heterocycles. The van der Waals surface area contributed by atoms with E-state index in [1.165, 1.54) is 24.0 Å². The lowest BCUT2D eigenvalue weighted by molar-refractivity contribution is 0.111. The summed E-state index contributed by atoms with van der Waals surface area (Å²) in [5.41, 5.74) is 8.68. The number of rotatable bonds is 4. The van der Waals surface area contributed by atoms with Crippen LogP contribution in [0.25, 0.3) is 0 Å². The van der Waals surface area contributed by atoms with Crippen LogP contribution < -0.4 is 5.73 Å². The maximum Gasteiger partial charge on any atom is 0.0470 e. The van der Waals surface area contributed by atoms with Crippen LogP contribution >= 0.6 is 0 Å². The molecule has 1 saturated heterocycles. The summed E-state index contributed by atoms with van der Waals surface area (Å²) in [7, 11) is 4.36. The first-order chi connectivity index (χ1) is 9.11. The fourth-order valence-electron chi connectivity index (χ4n) is 3.00. The highest BCUT2D eigenvalue weighted by molar-refractivity contribution is 5.24. The zero-order valence-corrected chi connectivity index (χ0v) is 12.5. The predicted octanol–water partition coefficient (Wildman–Crippen LogP) is 2.02. The van der Waals surface area contributed by atoms with Crippen molar-refractivity contribution in [2.75, 3.05) is 33.7 Å². The fraction of sp³-hybridized carbons (Fsp3) is 0.625. The average molecular weight is 261 g/mol. The molecule has 1 aromatic rings. The second kappa shape index (κ2) is 6.51. The summed E-state index contributed by atoms with van der Waals surface area (Å²) in [6, 6.07) is 9.93.